The van der Waals surface area contributed by atoms with Gasteiger partial charge in [0, 0.05) is 30.9 Å². The van der Waals surface area contributed by atoms with Gasteiger partial charge < -0.3 is 15.0 Å². The molecule has 0 amide bonds. The van der Waals surface area contributed by atoms with Crippen molar-refractivity contribution in [2.24, 2.45) is 0 Å². The van der Waals surface area contributed by atoms with Crippen LogP contribution in [0.2, 0.25) is 0 Å². The fourth-order valence-electron chi connectivity index (χ4n) is 3.06. The second kappa shape index (κ2) is 8.93. The van der Waals surface area contributed by atoms with Crippen molar-refractivity contribution in [3.05, 3.63) is 24.3 Å². The lowest BCUT2D eigenvalue weighted by Gasteiger charge is -2.21. The summed E-state index contributed by atoms with van der Waals surface area (Å²) in [5.74, 6) is 0.986. The van der Waals surface area contributed by atoms with Crippen molar-refractivity contribution in [2.75, 3.05) is 31.1 Å². The highest BCUT2D eigenvalue weighted by atomic mass is 16.5. The van der Waals surface area contributed by atoms with Crippen LogP contribution in [-0.2, 0) is 0 Å². The van der Waals surface area contributed by atoms with Crippen molar-refractivity contribution in [2.45, 2.75) is 52.0 Å². The summed E-state index contributed by atoms with van der Waals surface area (Å²) in [4.78, 5) is 2.34. The number of nitrogens with zero attached hydrogens (tertiary/aromatic N) is 1. The Labute approximate surface area is 129 Å². The third-order valence-corrected chi connectivity index (χ3v) is 4.32. The summed E-state index contributed by atoms with van der Waals surface area (Å²) in [6.45, 7) is 8.30. The van der Waals surface area contributed by atoms with Crippen molar-refractivity contribution in [3.8, 4) is 5.75 Å². The summed E-state index contributed by atoms with van der Waals surface area (Å²) in [6.07, 6.45) is 6.57. The Morgan fingerprint density at radius 3 is 2.67 bits per heavy atom. The van der Waals surface area contributed by atoms with E-state index in [1.165, 1.54) is 31.4 Å². The summed E-state index contributed by atoms with van der Waals surface area (Å²) < 4.78 is 5.88. The number of hydrogen-bond acceptors (Lipinski definition) is 3. The Hall–Kier alpha value is -1.22. The number of ether oxygens (including phenoxy) is 1. The Kier molecular flexibility index (Phi) is 6.87. The molecule has 1 fully saturated rings. The van der Waals surface area contributed by atoms with Gasteiger partial charge in [0.15, 0.2) is 0 Å². The summed E-state index contributed by atoms with van der Waals surface area (Å²) in [5.41, 5.74) is 1.25. The zero-order valence-electron chi connectivity index (χ0n) is 13.6. The molecule has 0 aromatic heterocycles. The van der Waals surface area contributed by atoms with Crippen molar-refractivity contribution < 1.29 is 4.74 Å². The largest absolute Gasteiger partial charge is 0.493 e. The zero-order valence-corrected chi connectivity index (χ0v) is 13.6. The molecule has 1 N–H and O–H groups in total. The fraction of sp³-hybridized carbons (Fsp3) is 0.667. The predicted molar refractivity (Wildman–Crippen MR) is 90.4 cm³/mol. The van der Waals surface area contributed by atoms with Gasteiger partial charge in [-0.15, -0.1) is 0 Å². The minimum Gasteiger partial charge on any atom is -0.493 e. The van der Waals surface area contributed by atoms with E-state index in [1.54, 1.807) is 0 Å². The normalized spacial score (nSPS) is 15.3. The van der Waals surface area contributed by atoms with Gasteiger partial charge in [-0.05, 0) is 51.8 Å². The maximum absolute atomic E-state index is 5.88. The summed E-state index contributed by atoms with van der Waals surface area (Å²) >= 11 is 0. The molecule has 0 aliphatic heterocycles. The van der Waals surface area contributed by atoms with E-state index in [2.05, 4.69) is 48.3 Å². The first-order valence-electron chi connectivity index (χ1n) is 8.54. The molecule has 21 heavy (non-hydrogen) atoms. The highest BCUT2D eigenvalue weighted by Gasteiger charge is 2.13. The topological polar surface area (TPSA) is 24.5 Å². The molecule has 0 heterocycles. The molecule has 1 aliphatic carbocycles. The quantitative estimate of drug-likeness (QED) is 0.699. The molecule has 2 rings (SSSR count). The van der Waals surface area contributed by atoms with E-state index < -0.39 is 0 Å². The van der Waals surface area contributed by atoms with Crippen LogP contribution in [0.25, 0.3) is 0 Å². The van der Waals surface area contributed by atoms with Gasteiger partial charge in [0.1, 0.15) is 5.75 Å². The lowest BCUT2D eigenvalue weighted by atomic mass is 10.2. The number of hydrogen-bond donors (Lipinski definition) is 1. The van der Waals surface area contributed by atoms with Crippen molar-refractivity contribution in [3.63, 3.8) is 0 Å². The maximum Gasteiger partial charge on any atom is 0.121 e. The minimum absolute atomic E-state index is 0.760. The lowest BCUT2D eigenvalue weighted by molar-refractivity contribution is 0.305. The first-order chi connectivity index (χ1) is 10.3. The molecule has 1 saturated carbocycles. The molecular weight excluding hydrogens is 260 g/mol. The first-order valence-corrected chi connectivity index (χ1v) is 8.54. The molecule has 0 atom stereocenters. The van der Waals surface area contributed by atoms with Gasteiger partial charge >= 0.3 is 0 Å². The van der Waals surface area contributed by atoms with E-state index in [0.29, 0.717) is 0 Å². The highest BCUT2D eigenvalue weighted by molar-refractivity contribution is 5.50. The molecule has 3 heteroatoms. The predicted octanol–water partition coefficient (Wildman–Crippen LogP) is 3.83. The maximum atomic E-state index is 5.88. The van der Waals surface area contributed by atoms with Crippen LogP contribution in [0.4, 0.5) is 5.69 Å². The van der Waals surface area contributed by atoms with Crippen LogP contribution in [0, 0.1) is 0 Å². The van der Waals surface area contributed by atoms with Gasteiger partial charge in [0.05, 0.1) is 6.61 Å². The third kappa shape index (κ3) is 5.24. The van der Waals surface area contributed by atoms with E-state index in [-0.39, 0.29) is 0 Å². The van der Waals surface area contributed by atoms with Crippen molar-refractivity contribution >= 4 is 5.69 Å². The molecule has 0 saturated heterocycles. The molecule has 1 aromatic rings. The molecule has 0 unspecified atom stereocenters. The third-order valence-electron chi connectivity index (χ3n) is 4.32. The van der Waals surface area contributed by atoms with E-state index in [9.17, 15) is 0 Å². The Bertz CT molecular complexity index is 398. The van der Waals surface area contributed by atoms with Crippen LogP contribution in [0.3, 0.4) is 0 Å². The van der Waals surface area contributed by atoms with E-state index >= 15 is 0 Å². The van der Waals surface area contributed by atoms with Gasteiger partial charge in [-0.1, -0.05) is 18.9 Å². The molecule has 3 nitrogen and oxygen atoms in total. The van der Waals surface area contributed by atoms with Crippen molar-refractivity contribution in [1.82, 2.24) is 5.32 Å². The van der Waals surface area contributed by atoms with Crippen LogP contribution >= 0.6 is 0 Å². The van der Waals surface area contributed by atoms with E-state index in [4.69, 9.17) is 4.74 Å². The Morgan fingerprint density at radius 1 is 1.19 bits per heavy atom. The zero-order chi connectivity index (χ0) is 14.9. The van der Waals surface area contributed by atoms with Crippen LogP contribution in [-0.4, -0.2) is 32.3 Å². The number of rotatable bonds is 9. The summed E-state index contributed by atoms with van der Waals surface area (Å²) in [6, 6.07) is 9.20. The molecular formula is C18H30N2O. The highest BCUT2D eigenvalue weighted by Crippen LogP contribution is 2.21. The number of nitrogens with one attached hydrogen (secondary N) is 1. The van der Waals surface area contributed by atoms with E-state index in [1.807, 2.05) is 0 Å². The van der Waals surface area contributed by atoms with E-state index in [0.717, 1.165) is 44.5 Å². The summed E-state index contributed by atoms with van der Waals surface area (Å²) in [7, 11) is 0. The molecule has 0 bridgehead atoms. The number of benzene rings is 1. The number of anilines is 1. The molecule has 1 aromatic carbocycles. The molecule has 0 spiro atoms. The SMILES string of the molecule is CCN(CC)c1cccc(OCCCNC2CCCC2)c1. The van der Waals surface area contributed by atoms with Crippen molar-refractivity contribution in [1.29, 1.82) is 0 Å². The van der Waals surface area contributed by atoms with Gasteiger partial charge in [-0.25, -0.2) is 0 Å². The minimum atomic E-state index is 0.760. The van der Waals surface area contributed by atoms with Gasteiger partial charge in [-0.3, -0.25) is 0 Å². The molecule has 1 aliphatic rings. The summed E-state index contributed by atoms with van der Waals surface area (Å²) in [5, 5.41) is 3.63. The van der Waals surface area contributed by atoms with Crippen LogP contribution in [0.5, 0.6) is 5.75 Å². The lowest BCUT2D eigenvalue weighted by Crippen LogP contribution is -2.27. The Morgan fingerprint density at radius 2 is 1.95 bits per heavy atom. The molecule has 0 radical (unpaired) electrons. The van der Waals surface area contributed by atoms with Gasteiger partial charge in [-0.2, -0.15) is 0 Å². The van der Waals surface area contributed by atoms with Crippen LogP contribution < -0.4 is 15.0 Å². The van der Waals surface area contributed by atoms with Crippen LogP contribution in [0.1, 0.15) is 46.0 Å². The first kappa shape index (κ1) is 16.2. The Balaban J connectivity index is 1.69. The second-order valence-electron chi connectivity index (χ2n) is 5.81. The van der Waals surface area contributed by atoms with Gasteiger partial charge in [0.2, 0.25) is 0 Å². The van der Waals surface area contributed by atoms with Crippen LogP contribution in [0.15, 0.2) is 24.3 Å². The van der Waals surface area contributed by atoms with Gasteiger partial charge in [0.25, 0.3) is 0 Å². The fourth-order valence-corrected chi connectivity index (χ4v) is 3.06. The smallest absolute Gasteiger partial charge is 0.121 e. The molecule has 118 valence electrons. The standard InChI is InChI=1S/C18H30N2O/c1-3-20(4-2)17-11-7-12-18(15-17)21-14-8-13-19-16-9-5-6-10-16/h7,11-12,15-16,19H,3-6,8-10,13-14H2,1-2H3. The second-order valence-corrected chi connectivity index (χ2v) is 5.81. The average Bonchev–Trinajstić information content (AvgIpc) is 3.02. The average molecular weight is 290 g/mol. The monoisotopic (exact) mass is 290 g/mol.